The van der Waals surface area contributed by atoms with Crippen LogP contribution >= 0.6 is 0 Å². The largest absolute Gasteiger partial charge is 0.444 e. The molecule has 0 radical (unpaired) electrons. The summed E-state index contributed by atoms with van der Waals surface area (Å²) in [5.74, 6) is 0.0264. The Kier molecular flexibility index (Phi) is 5.87. The molecule has 1 aromatic heterocycles. The molecule has 2 heterocycles. The van der Waals surface area contributed by atoms with Crippen LogP contribution in [0.3, 0.4) is 0 Å². The molecule has 24 heavy (non-hydrogen) atoms. The Hall–Kier alpha value is -2.47. The van der Waals surface area contributed by atoms with Crippen LogP contribution in [0.5, 0.6) is 0 Å². The number of hydrogen-bond donors (Lipinski definition) is 5. The van der Waals surface area contributed by atoms with Gasteiger partial charge in [0.25, 0.3) is 0 Å². The quantitative estimate of drug-likeness (QED) is 0.294. The number of nitrogens with zero attached hydrogens (tertiary/aromatic N) is 2. The van der Waals surface area contributed by atoms with Crippen LogP contribution in [0, 0.1) is 0 Å². The molecule has 11 heteroatoms. The predicted molar refractivity (Wildman–Crippen MR) is 79.8 cm³/mol. The predicted octanol–water partition coefficient (Wildman–Crippen LogP) is -1.91. The van der Waals surface area contributed by atoms with E-state index in [1.165, 1.54) is 18.3 Å². The molecule has 1 aliphatic heterocycles. The van der Waals surface area contributed by atoms with Gasteiger partial charge in [-0.2, -0.15) is 4.98 Å². The highest BCUT2D eigenvalue weighted by Gasteiger charge is 2.43. The number of aromatic nitrogens is 2. The van der Waals surface area contributed by atoms with E-state index < -0.39 is 42.9 Å². The first-order valence-electron chi connectivity index (χ1n) is 6.99. The number of ether oxygens (including phenoxy) is 2. The fourth-order valence-corrected chi connectivity index (χ4v) is 2.07. The van der Waals surface area contributed by atoms with Gasteiger partial charge in [-0.25, -0.2) is 15.0 Å². The van der Waals surface area contributed by atoms with Crippen molar-refractivity contribution in [1.82, 2.24) is 15.0 Å². The highest BCUT2D eigenvalue weighted by Crippen LogP contribution is 2.27. The van der Waals surface area contributed by atoms with Gasteiger partial charge in [-0.3, -0.25) is 9.99 Å². The maximum absolute atomic E-state index is 12.0. The van der Waals surface area contributed by atoms with Crippen LogP contribution in [0.1, 0.15) is 6.23 Å². The third kappa shape index (κ3) is 3.89. The molecule has 0 saturated carbocycles. The summed E-state index contributed by atoms with van der Waals surface area (Å²) < 4.78 is 10.9. The fraction of sp³-hybridized carbons (Fsp3) is 0.462. The van der Waals surface area contributed by atoms with Crippen molar-refractivity contribution in [1.29, 1.82) is 0 Å². The summed E-state index contributed by atoms with van der Waals surface area (Å²) in [5.41, 5.74) is 3.74. The van der Waals surface area contributed by atoms with Crippen molar-refractivity contribution in [3.8, 4) is 0 Å². The molecule has 0 aliphatic carbocycles. The number of carbonyl (C=O) groups is 1. The van der Waals surface area contributed by atoms with Crippen molar-refractivity contribution in [2.24, 2.45) is 0 Å². The minimum Gasteiger partial charge on any atom is -0.444 e. The SMILES string of the molecule is C=CCOC(=O)NNc1ccn([C@@H]2O[C@H](CO)[C@@H](O)[C@H]2O)c(=O)n1. The highest BCUT2D eigenvalue weighted by molar-refractivity contribution is 5.68. The first-order valence-corrected chi connectivity index (χ1v) is 6.99. The molecular weight excluding hydrogens is 324 g/mol. The van der Waals surface area contributed by atoms with Crippen LogP contribution in [-0.2, 0) is 9.47 Å². The first-order chi connectivity index (χ1) is 11.5. The van der Waals surface area contributed by atoms with E-state index in [9.17, 15) is 19.8 Å². The van der Waals surface area contributed by atoms with Crippen LogP contribution in [0.15, 0.2) is 29.7 Å². The van der Waals surface area contributed by atoms with Gasteiger partial charge in [0.05, 0.1) is 6.61 Å². The Morgan fingerprint density at radius 2 is 2.25 bits per heavy atom. The number of aliphatic hydroxyl groups excluding tert-OH is 3. The van der Waals surface area contributed by atoms with Gasteiger partial charge >= 0.3 is 11.8 Å². The zero-order chi connectivity index (χ0) is 17.7. The van der Waals surface area contributed by atoms with Crippen LogP contribution < -0.4 is 16.5 Å². The molecular formula is C13H18N4O7. The zero-order valence-electron chi connectivity index (χ0n) is 12.5. The van der Waals surface area contributed by atoms with E-state index in [4.69, 9.17) is 9.84 Å². The molecule has 5 N–H and O–H groups in total. The minimum absolute atomic E-state index is 0.0216. The third-order valence-electron chi connectivity index (χ3n) is 3.25. The standard InChI is InChI=1S/C13H18N4O7/c1-2-5-23-13(22)16-15-8-3-4-17(12(21)14-8)11-10(20)9(19)7(6-18)24-11/h2-4,7,9-11,18-20H,1,5-6H2,(H,16,22)(H,14,15,21)/t7-,9-,10-,11-/m1/s1. The number of rotatable bonds is 6. The topological polar surface area (TPSA) is 155 Å². The van der Waals surface area contributed by atoms with E-state index in [-0.39, 0.29) is 12.4 Å². The van der Waals surface area contributed by atoms with E-state index in [2.05, 4.69) is 27.2 Å². The molecule has 1 saturated heterocycles. The summed E-state index contributed by atoms with van der Waals surface area (Å²) >= 11 is 0. The molecule has 0 spiro atoms. The van der Waals surface area contributed by atoms with Gasteiger partial charge in [0, 0.05) is 6.20 Å². The normalized spacial score (nSPS) is 26.0. The van der Waals surface area contributed by atoms with Crippen molar-refractivity contribution in [3.05, 3.63) is 35.4 Å². The molecule has 1 fully saturated rings. The number of aliphatic hydroxyl groups is 3. The van der Waals surface area contributed by atoms with Crippen molar-refractivity contribution >= 4 is 11.9 Å². The van der Waals surface area contributed by atoms with Crippen LogP contribution in [0.4, 0.5) is 10.6 Å². The van der Waals surface area contributed by atoms with Crippen LogP contribution in [0.2, 0.25) is 0 Å². The molecule has 1 aliphatic rings. The summed E-state index contributed by atoms with van der Waals surface area (Å²) in [4.78, 5) is 26.9. The second kappa shape index (κ2) is 7.88. The maximum atomic E-state index is 12.0. The van der Waals surface area contributed by atoms with Gasteiger partial charge in [0.15, 0.2) is 12.0 Å². The van der Waals surface area contributed by atoms with E-state index in [0.717, 1.165) is 4.57 Å². The first kappa shape index (κ1) is 17.9. The van der Waals surface area contributed by atoms with E-state index in [0.29, 0.717) is 0 Å². The minimum atomic E-state index is -1.40. The van der Waals surface area contributed by atoms with Crippen LogP contribution in [0.25, 0.3) is 0 Å². The molecule has 1 aromatic rings. The third-order valence-corrected chi connectivity index (χ3v) is 3.25. The van der Waals surface area contributed by atoms with E-state index >= 15 is 0 Å². The summed E-state index contributed by atoms with van der Waals surface area (Å²) in [5, 5.41) is 28.6. The fourth-order valence-electron chi connectivity index (χ4n) is 2.07. The lowest BCUT2D eigenvalue weighted by Crippen LogP contribution is -2.37. The Bertz CT molecular complexity index is 649. The molecule has 4 atom stereocenters. The van der Waals surface area contributed by atoms with Gasteiger partial charge < -0.3 is 24.8 Å². The van der Waals surface area contributed by atoms with Crippen molar-refractivity contribution < 1.29 is 29.6 Å². The molecule has 0 aromatic carbocycles. The maximum Gasteiger partial charge on any atom is 0.426 e. The Morgan fingerprint density at radius 3 is 2.83 bits per heavy atom. The zero-order valence-corrected chi connectivity index (χ0v) is 12.5. The van der Waals surface area contributed by atoms with Crippen LogP contribution in [-0.4, -0.2) is 62.5 Å². The van der Waals surface area contributed by atoms with Crippen molar-refractivity contribution in [2.45, 2.75) is 24.5 Å². The van der Waals surface area contributed by atoms with Crippen molar-refractivity contribution in [3.63, 3.8) is 0 Å². The monoisotopic (exact) mass is 342 g/mol. The summed E-state index contributed by atoms with van der Waals surface area (Å²) in [6, 6.07) is 1.34. The van der Waals surface area contributed by atoms with Gasteiger partial charge in [0.2, 0.25) is 0 Å². The van der Waals surface area contributed by atoms with Crippen molar-refractivity contribution in [2.75, 3.05) is 18.6 Å². The second-order valence-corrected chi connectivity index (χ2v) is 4.87. The van der Waals surface area contributed by atoms with Gasteiger partial charge in [0.1, 0.15) is 24.9 Å². The lowest BCUT2D eigenvalue weighted by Gasteiger charge is -2.17. The summed E-state index contributed by atoms with van der Waals surface area (Å²) in [7, 11) is 0. The lowest BCUT2D eigenvalue weighted by molar-refractivity contribution is -0.0549. The Labute approximate surface area is 136 Å². The molecule has 0 bridgehead atoms. The average molecular weight is 342 g/mol. The number of hydrogen-bond acceptors (Lipinski definition) is 9. The Morgan fingerprint density at radius 1 is 1.50 bits per heavy atom. The summed E-state index contributed by atoms with van der Waals surface area (Å²) in [6.07, 6.45) is -3.05. The highest BCUT2D eigenvalue weighted by atomic mass is 16.6. The summed E-state index contributed by atoms with van der Waals surface area (Å²) in [6.45, 7) is 2.90. The molecule has 11 nitrogen and oxygen atoms in total. The number of nitrogens with one attached hydrogen (secondary N) is 2. The second-order valence-electron chi connectivity index (χ2n) is 4.87. The lowest BCUT2D eigenvalue weighted by atomic mass is 10.1. The number of amides is 1. The van der Waals surface area contributed by atoms with Gasteiger partial charge in [-0.15, -0.1) is 0 Å². The molecule has 132 valence electrons. The van der Waals surface area contributed by atoms with Gasteiger partial charge in [-0.1, -0.05) is 12.7 Å². The molecule has 0 unspecified atom stereocenters. The van der Waals surface area contributed by atoms with E-state index in [1.807, 2.05) is 0 Å². The number of hydrazine groups is 1. The smallest absolute Gasteiger partial charge is 0.426 e. The average Bonchev–Trinajstić information content (AvgIpc) is 2.86. The number of carbonyl (C=O) groups excluding carboxylic acids is 1. The molecule has 1 amide bonds. The van der Waals surface area contributed by atoms with E-state index in [1.54, 1.807) is 0 Å². The molecule has 2 rings (SSSR count). The Balaban J connectivity index is 2.04. The number of anilines is 1. The van der Waals surface area contributed by atoms with Gasteiger partial charge in [-0.05, 0) is 6.07 Å².